The molecule has 1 N–H and O–H groups in total. The predicted molar refractivity (Wildman–Crippen MR) is 88.2 cm³/mol. The Morgan fingerprint density at radius 2 is 2.33 bits per heavy atom. The molecule has 2 heterocycles. The van der Waals surface area contributed by atoms with E-state index in [1.165, 1.54) is 15.6 Å². The molecule has 1 fully saturated rings. The third-order valence-corrected chi connectivity index (χ3v) is 7.66. The van der Waals surface area contributed by atoms with E-state index < -0.39 is 10.0 Å². The monoisotopic (exact) mass is 396 g/mol. The topological polar surface area (TPSA) is 58.6 Å². The second-order valence-corrected chi connectivity index (χ2v) is 9.35. The van der Waals surface area contributed by atoms with E-state index in [9.17, 15) is 8.42 Å². The first-order valence-corrected chi connectivity index (χ1v) is 10.1. The highest BCUT2D eigenvalue weighted by Gasteiger charge is 2.32. The predicted octanol–water partition coefficient (Wildman–Crippen LogP) is 2.42. The van der Waals surface area contributed by atoms with E-state index in [0.717, 1.165) is 24.3 Å². The van der Waals surface area contributed by atoms with Crippen molar-refractivity contribution in [2.24, 2.45) is 0 Å². The van der Waals surface area contributed by atoms with E-state index in [4.69, 9.17) is 4.74 Å². The molecule has 0 saturated carbocycles. The zero-order valence-electron chi connectivity index (χ0n) is 12.3. The molecule has 0 bridgehead atoms. The van der Waals surface area contributed by atoms with Gasteiger partial charge in [-0.15, -0.1) is 11.3 Å². The van der Waals surface area contributed by atoms with E-state index in [1.54, 1.807) is 13.2 Å². The van der Waals surface area contributed by atoms with Gasteiger partial charge >= 0.3 is 0 Å². The number of methoxy groups -OCH3 is 1. The number of halogens is 1. The summed E-state index contributed by atoms with van der Waals surface area (Å²) in [7, 11) is -1.82. The highest BCUT2D eigenvalue weighted by Crippen LogP contribution is 2.34. The number of hydrogen-bond acceptors (Lipinski definition) is 5. The molecule has 1 aliphatic rings. The van der Waals surface area contributed by atoms with Crippen LogP contribution in [0.5, 0.6) is 0 Å². The van der Waals surface area contributed by atoms with Gasteiger partial charge in [-0.25, -0.2) is 8.42 Å². The highest BCUT2D eigenvalue weighted by atomic mass is 79.9. The highest BCUT2D eigenvalue weighted by molar-refractivity contribution is 9.11. The molecular formula is C13H21BrN2O3S2. The summed E-state index contributed by atoms with van der Waals surface area (Å²) >= 11 is 4.87. The lowest BCUT2D eigenvalue weighted by Gasteiger charge is -2.30. The van der Waals surface area contributed by atoms with E-state index in [1.807, 2.05) is 6.92 Å². The van der Waals surface area contributed by atoms with Crippen molar-refractivity contribution in [2.45, 2.75) is 37.3 Å². The van der Waals surface area contributed by atoms with Gasteiger partial charge in [-0.2, -0.15) is 4.31 Å². The first kappa shape index (κ1) is 17.4. The van der Waals surface area contributed by atoms with Crippen molar-refractivity contribution in [1.82, 2.24) is 9.62 Å². The summed E-state index contributed by atoms with van der Waals surface area (Å²) in [4.78, 5) is 1.39. The van der Waals surface area contributed by atoms with Gasteiger partial charge in [-0.05, 0) is 41.4 Å². The zero-order valence-corrected chi connectivity index (χ0v) is 15.5. The van der Waals surface area contributed by atoms with Gasteiger partial charge in [-0.3, -0.25) is 0 Å². The summed E-state index contributed by atoms with van der Waals surface area (Å²) in [5.74, 6) is 0. The smallest absolute Gasteiger partial charge is 0.245 e. The molecule has 1 aromatic rings. The van der Waals surface area contributed by atoms with Crippen molar-refractivity contribution in [3.8, 4) is 0 Å². The molecule has 0 aliphatic carbocycles. The Morgan fingerprint density at radius 3 is 3.00 bits per heavy atom. The van der Waals surface area contributed by atoms with Gasteiger partial charge in [0.25, 0.3) is 0 Å². The summed E-state index contributed by atoms with van der Waals surface area (Å²) < 4.78 is 33.1. The van der Waals surface area contributed by atoms with Crippen LogP contribution < -0.4 is 5.32 Å². The van der Waals surface area contributed by atoms with Crippen LogP contribution in [0.1, 0.15) is 24.6 Å². The van der Waals surface area contributed by atoms with Gasteiger partial charge in [0, 0.05) is 31.6 Å². The molecule has 1 atom stereocenters. The second kappa shape index (κ2) is 7.52. The van der Waals surface area contributed by atoms with Gasteiger partial charge in [0.2, 0.25) is 10.0 Å². The lowest BCUT2D eigenvalue weighted by atomic mass is 10.1. The van der Waals surface area contributed by atoms with Crippen LogP contribution in [0.4, 0.5) is 0 Å². The molecule has 2 rings (SSSR count). The normalized spacial score (nSPS) is 20.8. The maximum absolute atomic E-state index is 12.8. The van der Waals surface area contributed by atoms with E-state index >= 15 is 0 Å². The zero-order chi connectivity index (χ0) is 15.5. The summed E-state index contributed by atoms with van der Waals surface area (Å²) in [6.07, 6.45) is 1.75. The quantitative estimate of drug-likeness (QED) is 0.801. The van der Waals surface area contributed by atoms with E-state index in [0.29, 0.717) is 28.3 Å². The van der Waals surface area contributed by atoms with Crippen LogP contribution in [0.3, 0.4) is 0 Å². The fourth-order valence-electron chi connectivity index (χ4n) is 2.36. The summed E-state index contributed by atoms with van der Waals surface area (Å²) in [6, 6.07) is 1.77. The minimum atomic E-state index is -3.45. The van der Waals surface area contributed by atoms with Gasteiger partial charge in [-0.1, -0.05) is 6.92 Å². The number of rotatable bonds is 6. The minimum Gasteiger partial charge on any atom is -0.380 e. The molecule has 5 nitrogen and oxygen atoms in total. The number of ether oxygens (including phenoxy) is 1. The lowest BCUT2D eigenvalue weighted by Crippen LogP contribution is -2.42. The Kier molecular flexibility index (Phi) is 6.22. The third-order valence-electron chi connectivity index (χ3n) is 3.55. The van der Waals surface area contributed by atoms with Crippen LogP contribution >= 0.6 is 27.3 Å². The Labute approximate surface area is 138 Å². The molecule has 120 valence electrons. The Balaban J connectivity index is 2.20. The number of nitrogens with one attached hydrogen (secondary N) is 1. The molecule has 1 unspecified atom stereocenters. The maximum atomic E-state index is 12.8. The van der Waals surface area contributed by atoms with E-state index in [-0.39, 0.29) is 6.10 Å². The molecule has 0 spiro atoms. The van der Waals surface area contributed by atoms with Crippen molar-refractivity contribution in [3.05, 3.63) is 14.7 Å². The number of nitrogens with zero attached hydrogens (tertiary/aromatic N) is 1. The Bertz CT molecular complexity index is 574. The van der Waals surface area contributed by atoms with Crippen LogP contribution in [-0.4, -0.2) is 45.6 Å². The van der Waals surface area contributed by atoms with Crippen molar-refractivity contribution in [3.63, 3.8) is 0 Å². The lowest BCUT2D eigenvalue weighted by molar-refractivity contribution is 0.0572. The van der Waals surface area contributed by atoms with Crippen LogP contribution in [0.15, 0.2) is 14.7 Å². The molecule has 8 heteroatoms. The van der Waals surface area contributed by atoms with Crippen LogP contribution in [0.25, 0.3) is 0 Å². The first-order chi connectivity index (χ1) is 9.98. The summed E-state index contributed by atoms with van der Waals surface area (Å²) in [6.45, 7) is 4.57. The molecule has 1 aliphatic heterocycles. The van der Waals surface area contributed by atoms with Crippen LogP contribution in [0.2, 0.25) is 0 Å². The van der Waals surface area contributed by atoms with Gasteiger partial charge in [0.05, 0.1) is 9.89 Å². The van der Waals surface area contributed by atoms with Crippen molar-refractivity contribution < 1.29 is 13.2 Å². The SMILES string of the molecule is CCNCc1cc(S(=O)(=O)N2CCCC(OC)C2)c(Br)s1. The second-order valence-electron chi connectivity index (χ2n) is 4.99. The largest absolute Gasteiger partial charge is 0.380 e. The molecule has 1 aromatic heterocycles. The number of thiophene rings is 1. The van der Waals surface area contributed by atoms with E-state index in [2.05, 4.69) is 21.2 Å². The number of sulfonamides is 1. The average molecular weight is 397 g/mol. The fourth-order valence-corrected chi connectivity index (χ4v) is 6.48. The van der Waals surface area contributed by atoms with Crippen LogP contribution in [-0.2, 0) is 21.3 Å². The first-order valence-electron chi connectivity index (χ1n) is 7.01. The molecule has 21 heavy (non-hydrogen) atoms. The van der Waals surface area contributed by atoms with Crippen molar-refractivity contribution in [2.75, 3.05) is 26.7 Å². The summed E-state index contributed by atoms with van der Waals surface area (Å²) in [5, 5.41) is 3.21. The van der Waals surface area contributed by atoms with Gasteiger partial charge in [0.15, 0.2) is 0 Å². The fraction of sp³-hybridized carbons (Fsp3) is 0.692. The van der Waals surface area contributed by atoms with Crippen LogP contribution in [0, 0.1) is 0 Å². The molecule has 0 aromatic carbocycles. The Morgan fingerprint density at radius 1 is 1.57 bits per heavy atom. The minimum absolute atomic E-state index is 0.00725. The maximum Gasteiger partial charge on any atom is 0.245 e. The van der Waals surface area contributed by atoms with Crippen molar-refractivity contribution >= 4 is 37.3 Å². The van der Waals surface area contributed by atoms with Gasteiger partial charge < -0.3 is 10.1 Å². The molecule has 1 saturated heterocycles. The molecule has 0 amide bonds. The Hall–Kier alpha value is 0.01000. The third kappa shape index (κ3) is 4.05. The average Bonchev–Trinajstić information content (AvgIpc) is 2.87. The molecule has 0 radical (unpaired) electrons. The standard InChI is InChI=1S/C13H21BrN2O3S2/c1-3-15-8-11-7-12(13(14)20-11)21(17,18)16-6-4-5-10(9-16)19-2/h7,10,15H,3-6,8-9H2,1-2H3. The van der Waals surface area contributed by atoms with Crippen molar-refractivity contribution in [1.29, 1.82) is 0 Å². The number of piperidine rings is 1. The molecular weight excluding hydrogens is 376 g/mol. The summed E-state index contributed by atoms with van der Waals surface area (Å²) in [5.41, 5.74) is 0. The number of hydrogen-bond donors (Lipinski definition) is 1. The van der Waals surface area contributed by atoms with Gasteiger partial charge in [0.1, 0.15) is 4.90 Å².